The van der Waals surface area contributed by atoms with Gasteiger partial charge in [-0.05, 0) is 24.3 Å². The summed E-state index contributed by atoms with van der Waals surface area (Å²) in [5, 5.41) is 9.10. The molecule has 1 atom stereocenters. The average Bonchev–Trinajstić information content (AvgIpc) is 2.65. The van der Waals surface area contributed by atoms with Gasteiger partial charge in [0.1, 0.15) is 11.6 Å². The maximum atomic E-state index is 12.8. The monoisotopic (exact) mass is 281 g/mol. The Labute approximate surface area is 111 Å². The van der Waals surface area contributed by atoms with Gasteiger partial charge in [0.2, 0.25) is 5.91 Å². The zero-order valence-electron chi connectivity index (χ0n) is 9.50. The third kappa shape index (κ3) is 1.95. The lowest BCUT2D eigenvalue weighted by atomic mass is 10.2. The fourth-order valence-electron chi connectivity index (χ4n) is 1.90. The van der Waals surface area contributed by atoms with Gasteiger partial charge < -0.3 is 9.84 Å². The van der Waals surface area contributed by atoms with E-state index in [0.717, 1.165) is 0 Å². The Morgan fingerprint density at radius 3 is 2.68 bits per heavy atom. The van der Waals surface area contributed by atoms with Crippen molar-refractivity contribution in [2.75, 3.05) is 0 Å². The van der Waals surface area contributed by atoms with E-state index >= 15 is 0 Å². The number of halogens is 1. The Morgan fingerprint density at radius 2 is 2.11 bits per heavy atom. The first kappa shape index (κ1) is 12.0. The summed E-state index contributed by atoms with van der Waals surface area (Å²) in [6, 6.07) is 5.24. The molecule has 19 heavy (non-hydrogen) atoms. The van der Waals surface area contributed by atoms with Crippen molar-refractivity contribution in [3.05, 3.63) is 40.9 Å². The van der Waals surface area contributed by atoms with Crippen molar-refractivity contribution in [2.24, 2.45) is 0 Å². The Kier molecular flexibility index (Phi) is 2.70. The number of carboxylic acids is 1. The van der Waals surface area contributed by atoms with E-state index in [0.29, 0.717) is 12.2 Å². The number of benzene rings is 1. The van der Waals surface area contributed by atoms with Crippen LogP contribution in [0.25, 0.3) is 0 Å². The molecular weight excluding hydrogens is 273 g/mol. The minimum Gasteiger partial charge on any atom is -0.476 e. The number of fused-ring (bicyclic) bond motifs is 1. The van der Waals surface area contributed by atoms with E-state index in [2.05, 4.69) is 0 Å². The number of carbonyl (C=O) groups is 2. The van der Waals surface area contributed by atoms with Crippen LogP contribution in [-0.4, -0.2) is 27.3 Å². The summed E-state index contributed by atoms with van der Waals surface area (Å²) in [7, 11) is 0. The maximum absolute atomic E-state index is 12.8. The van der Waals surface area contributed by atoms with Crippen molar-refractivity contribution < 1.29 is 23.8 Å². The van der Waals surface area contributed by atoms with Gasteiger partial charge in [0, 0.05) is 0 Å². The van der Waals surface area contributed by atoms with Crippen LogP contribution in [-0.2, 0) is 9.59 Å². The van der Waals surface area contributed by atoms with Crippen molar-refractivity contribution in [1.82, 2.24) is 4.90 Å². The summed E-state index contributed by atoms with van der Waals surface area (Å²) in [5.41, 5.74) is -0.143. The molecule has 1 N–H and O–H groups in total. The van der Waals surface area contributed by atoms with Crippen LogP contribution in [0, 0.1) is 5.82 Å². The van der Waals surface area contributed by atoms with Crippen LogP contribution in [0.15, 0.2) is 35.1 Å². The van der Waals surface area contributed by atoms with Crippen LogP contribution >= 0.6 is 11.8 Å². The van der Waals surface area contributed by atoms with Gasteiger partial charge in [-0.15, -0.1) is 0 Å². The zero-order valence-corrected chi connectivity index (χ0v) is 10.3. The van der Waals surface area contributed by atoms with Crippen molar-refractivity contribution in [3.8, 4) is 5.75 Å². The number of nitrogens with zero attached hydrogens (tertiary/aromatic N) is 1. The largest absolute Gasteiger partial charge is 0.476 e. The second-order valence-corrected chi connectivity index (χ2v) is 5.19. The first-order chi connectivity index (χ1) is 9.06. The van der Waals surface area contributed by atoms with Gasteiger partial charge in [-0.1, -0.05) is 11.8 Å². The molecule has 2 aliphatic rings. The molecule has 1 aromatic rings. The van der Waals surface area contributed by atoms with Gasteiger partial charge >= 0.3 is 5.97 Å². The SMILES string of the molecule is O=C(O)C1=C(Oc2ccc(F)cc2)SC2CC(=O)N12. The molecule has 0 bridgehead atoms. The maximum Gasteiger partial charge on any atom is 0.357 e. The summed E-state index contributed by atoms with van der Waals surface area (Å²) < 4.78 is 18.2. The molecule has 1 unspecified atom stereocenters. The normalized spacial score (nSPS) is 21.2. The molecule has 98 valence electrons. The van der Waals surface area contributed by atoms with Crippen molar-refractivity contribution in [2.45, 2.75) is 11.8 Å². The second-order valence-electron chi connectivity index (χ2n) is 4.04. The van der Waals surface area contributed by atoms with Crippen LogP contribution < -0.4 is 4.74 Å². The molecule has 0 radical (unpaired) electrons. The Hall–Kier alpha value is -2.02. The number of amides is 1. The summed E-state index contributed by atoms with van der Waals surface area (Å²) in [5.74, 6) is -1.51. The first-order valence-corrected chi connectivity index (χ1v) is 6.34. The van der Waals surface area contributed by atoms with E-state index in [-0.39, 0.29) is 22.1 Å². The van der Waals surface area contributed by atoms with Crippen LogP contribution in [0.2, 0.25) is 0 Å². The smallest absolute Gasteiger partial charge is 0.357 e. The number of aliphatic carboxylic acids is 1. The lowest BCUT2D eigenvalue weighted by Crippen LogP contribution is -2.48. The van der Waals surface area contributed by atoms with Crippen molar-refractivity contribution in [1.29, 1.82) is 0 Å². The number of rotatable bonds is 3. The van der Waals surface area contributed by atoms with E-state index in [4.69, 9.17) is 9.84 Å². The predicted octanol–water partition coefficient (Wildman–Crippen LogP) is 1.76. The molecule has 2 heterocycles. The number of hydrogen-bond donors (Lipinski definition) is 1. The van der Waals surface area contributed by atoms with E-state index in [9.17, 15) is 14.0 Å². The summed E-state index contributed by atoms with van der Waals surface area (Å²) in [6.45, 7) is 0. The number of thioether (sulfide) groups is 1. The molecule has 1 fully saturated rings. The molecule has 0 saturated carbocycles. The van der Waals surface area contributed by atoms with Gasteiger partial charge in [0.15, 0.2) is 10.8 Å². The van der Waals surface area contributed by atoms with E-state index < -0.39 is 11.8 Å². The highest BCUT2D eigenvalue weighted by Gasteiger charge is 2.49. The molecule has 1 amide bonds. The van der Waals surface area contributed by atoms with Crippen LogP contribution in [0.5, 0.6) is 5.75 Å². The van der Waals surface area contributed by atoms with Gasteiger partial charge in [-0.3, -0.25) is 9.69 Å². The Balaban J connectivity index is 1.89. The molecule has 0 aromatic heterocycles. The first-order valence-electron chi connectivity index (χ1n) is 5.46. The quantitative estimate of drug-likeness (QED) is 0.855. The molecule has 5 nitrogen and oxygen atoms in total. The summed E-state index contributed by atoms with van der Waals surface area (Å²) in [6.07, 6.45) is 0.303. The number of carboxylic acid groups (broad SMARTS) is 1. The zero-order chi connectivity index (χ0) is 13.6. The summed E-state index contributed by atoms with van der Waals surface area (Å²) in [4.78, 5) is 23.8. The third-order valence-electron chi connectivity index (χ3n) is 2.81. The number of β-lactam (4-membered cyclic amide) rings is 1. The predicted molar refractivity (Wildman–Crippen MR) is 64.5 cm³/mol. The average molecular weight is 281 g/mol. The fourth-order valence-corrected chi connectivity index (χ4v) is 3.14. The highest BCUT2D eigenvalue weighted by atomic mass is 32.2. The van der Waals surface area contributed by atoms with Gasteiger partial charge in [-0.2, -0.15) is 0 Å². The fraction of sp³-hybridized carbons (Fsp3) is 0.167. The molecular formula is C12H8FNO4S. The van der Waals surface area contributed by atoms with Crippen LogP contribution in [0.3, 0.4) is 0 Å². The van der Waals surface area contributed by atoms with Crippen molar-refractivity contribution in [3.63, 3.8) is 0 Å². The Morgan fingerprint density at radius 1 is 1.42 bits per heavy atom. The Bertz CT molecular complexity index is 598. The lowest BCUT2D eigenvalue weighted by molar-refractivity contribution is -0.145. The molecule has 2 aliphatic heterocycles. The molecule has 0 spiro atoms. The van der Waals surface area contributed by atoms with Gasteiger partial charge in [0.05, 0.1) is 11.8 Å². The third-order valence-corrected chi connectivity index (χ3v) is 3.95. The molecule has 1 aromatic carbocycles. The summed E-state index contributed by atoms with van der Waals surface area (Å²) >= 11 is 1.19. The van der Waals surface area contributed by atoms with Gasteiger partial charge in [0.25, 0.3) is 0 Å². The van der Waals surface area contributed by atoms with Crippen LogP contribution in [0.1, 0.15) is 6.42 Å². The van der Waals surface area contributed by atoms with Crippen molar-refractivity contribution >= 4 is 23.6 Å². The molecule has 7 heteroatoms. The number of carbonyl (C=O) groups excluding carboxylic acids is 1. The highest BCUT2D eigenvalue weighted by Crippen LogP contribution is 2.46. The molecule has 0 aliphatic carbocycles. The number of hydrogen-bond acceptors (Lipinski definition) is 4. The number of ether oxygens (including phenoxy) is 1. The topological polar surface area (TPSA) is 66.8 Å². The van der Waals surface area contributed by atoms with E-state index in [1.54, 1.807) is 0 Å². The molecule has 1 saturated heterocycles. The van der Waals surface area contributed by atoms with E-state index in [1.165, 1.54) is 40.9 Å². The second kappa shape index (κ2) is 4.27. The molecule has 3 rings (SSSR count). The minimum absolute atomic E-state index is 0.143. The van der Waals surface area contributed by atoms with E-state index in [1.807, 2.05) is 0 Å². The highest BCUT2D eigenvalue weighted by molar-refractivity contribution is 8.03. The lowest BCUT2D eigenvalue weighted by Gasteiger charge is -2.33. The standard InChI is InChI=1S/C12H8FNO4S/c13-6-1-3-7(4-2-6)18-12-10(11(16)17)14-8(15)5-9(14)19-12/h1-4,9H,5H2,(H,16,17). The van der Waals surface area contributed by atoms with Gasteiger partial charge in [-0.25, -0.2) is 9.18 Å². The minimum atomic E-state index is -1.21. The van der Waals surface area contributed by atoms with Crippen LogP contribution in [0.4, 0.5) is 4.39 Å².